The number of nitrogens with two attached hydrogens (primary N) is 1. The van der Waals surface area contributed by atoms with Gasteiger partial charge < -0.3 is 10.6 Å². The van der Waals surface area contributed by atoms with E-state index in [1.807, 2.05) is 29.2 Å². The number of halogens is 2. The zero-order valence-electron chi connectivity index (χ0n) is 14.1. The lowest BCUT2D eigenvalue weighted by Gasteiger charge is -2.16. The fourth-order valence-corrected chi connectivity index (χ4v) is 3.33. The van der Waals surface area contributed by atoms with Crippen LogP contribution in [0.3, 0.4) is 0 Å². The smallest absolute Gasteiger partial charge is 0.222 e. The number of rotatable bonds is 5. The predicted molar refractivity (Wildman–Crippen MR) is 105 cm³/mol. The summed E-state index contributed by atoms with van der Waals surface area (Å²) < 4.78 is 0. The van der Waals surface area contributed by atoms with Gasteiger partial charge in [-0.1, -0.05) is 36.4 Å². The van der Waals surface area contributed by atoms with Crippen LogP contribution in [0.25, 0.3) is 0 Å². The van der Waals surface area contributed by atoms with Crippen LogP contribution in [0.2, 0.25) is 0 Å². The summed E-state index contributed by atoms with van der Waals surface area (Å²) in [5.41, 5.74) is 8.19. The van der Waals surface area contributed by atoms with E-state index in [2.05, 4.69) is 29.2 Å². The number of hydrogen-bond donors (Lipinski definition) is 1. The first-order valence-electron chi connectivity index (χ1n) is 8.20. The van der Waals surface area contributed by atoms with E-state index in [-0.39, 0.29) is 30.7 Å². The topological polar surface area (TPSA) is 59.2 Å². The van der Waals surface area contributed by atoms with Gasteiger partial charge >= 0.3 is 0 Å². The van der Waals surface area contributed by atoms with Crippen LogP contribution in [0.4, 0.5) is 0 Å². The van der Waals surface area contributed by atoms with E-state index < -0.39 is 0 Å². The van der Waals surface area contributed by atoms with Gasteiger partial charge in [0.1, 0.15) is 0 Å². The lowest BCUT2D eigenvalue weighted by Crippen LogP contribution is -2.30. The Morgan fingerprint density at radius 2 is 1.80 bits per heavy atom. The Labute approximate surface area is 161 Å². The number of benzene rings is 1. The van der Waals surface area contributed by atoms with Gasteiger partial charge in [0.05, 0.1) is 0 Å². The van der Waals surface area contributed by atoms with E-state index in [1.165, 1.54) is 5.56 Å². The SMILES string of the molecule is Cl.Cl.NC[C@@H]1CN(C(=O)CCc2ccccn2)C[C@H]1c1ccccc1. The molecule has 1 aromatic carbocycles. The molecule has 1 saturated heterocycles. The van der Waals surface area contributed by atoms with Crippen molar-refractivity contribution < 1.29 is 4.79 Å². The molecule has 4 nitrogen and oxygen atoms in total. The van der Waals surface area contributed by atoms with Crippen LogP contribution in [0.15, 0.2) is 54.7 Å². The number of pyridine rings is 1. The number of hydrogen-bond acceptors (Lipinski definition) is 3. The lowest BCUT2D eigenvalue weighted by molar-refractivity contribution is -0.130. The first-order chi connectivity index (χ1) is 11.3. The van der Waals surface area contributed by atoms with Crippen LogP contribution < -0.4 is 5.73 Å². The Morgan fingerprint density at radius 3 is 2.44 bits per heavy atom. The van der Waals surface area contributed by atoms with Crippen molar-refractivity contribution in [2.24, 2.45) is 11.7 Å². The van der Waals surface area contributed by atoms with Crippen molar-refractivity contribution in [3.8, 4) is 0 Å². The largest absolute Gasteiger partial charge is 0.342 e. The van der Waals surface area contributed by atoms with Gasteiger partial charge in [-0.3, -0.25) is 9.78 Å². The Bertz CT molecular complexity index is 640. The molecule has 0 aliphatic carbocycles. The quantitative estimate of drug-likeness (QED) is 0.865. The standard InChI is InChI=1S/C19H23N3O.2ClH/c20-12-16-13-22(14-18(16)15-6-2-1-3-7-15)19(23)10-9-17-8-4-5-11-21-17;;/h1-8,11,16,18H,9-10,12-14,20H2;2*1H/t16-,18+;;/m1../s1. The number of carbonyl (C=O) groups is 1. The third-order valence-electron chi connectivity index (χ3n) is 4.65. The molecular formula is C19H25Cl2N3O. The minimum Gasteiger partial charge on any atom is -0.342 e. The van der Waals surface area contributed by atoms with E-state index >= 15 is 0 Å². The third-order valence-corrected chi connectivity index (χ3v) is 4.65. The highest BCUT2D eigenvalue weighted by atomic mass is 35.5. The lowest BCUT2D eigenvalue weighted by atomic mass is 9.89. The predicted octanol–water partition coefficient (Wildman–Crippen LogP) is 3.06. The van der Waals surface area contributed by atoms with Gasteiger partial charge in [-0.25, -0.2) is 0 Å². The van der Waals surface area contributed by atoms with E-state index in [1.54, 1.807) is 6.20 Å². The van der Waals surface area contributed by atoms with Gasteiger partial charge in [-0.2, -0.15) is 0 Å². The molecule has 1 amide bonds. The molecular weight excluding hydrogens is 357 g/mol. The maximum atomic E-state index is 12.5. The maximum Gasteiger partial charge on any atom is 0.222 e. The van der Waals surface area contributed by atoms with Gasteiger partial charge in [-0.15, -0.1) is 24.8 Å². The molecule has 0 spiro atoms. The van der Waals surface area contributed by atoms with Crippen molar-refractivity contribution in [3.05, 3.63) is 66.0 Å². The average Bonchev–Trinajstić information content (AvgIpc) is 3.06. The number of aromatic nitrogens is 1. The summed E-state index contributed by atoms with van der Waals surface area (Å²) in [6.45, 7) is 2.15. The van der Waals surface area contributed by atoms with E-state index in [4.69, 9.17) is 5.73 Å². The summed E-state index contributed by atoms with van der Waals surface area (Å²) in [6, 6.07) is 16.2. The van der Waals surface area contributed by atoms with Crippen molar-refractivity contribution in [1.82, 2.24) is 9.88 Å². The summed E-state index contributed by atoms with van der Waals surface area (Å²) in [6.07, 6.45) is 2.97. The zero-order chi connectivity index (χ0) is 16.1. The van der Waals surface area contributed by atoms with Gasteiger partial charge in [-0.05, 0) is 36.6 Å². The Balaban J connectivity index is 0.00000156. The molecule has 1 aromatic heterocycles. The molecule has 1 fully saturated rings. The molecule has 1 aliphatic heterocycles. The highest BCUT2D eigenvalue weighted by molar-refractivity contribution is 5.85. The van der Waals surface area contributed by atoms with Crippen molar-refractivity contribution in [2.45, 2.75) is 18.8 Å². The van der Waals surface area contributed by atoms with Crippen LogP contribution in [0.5, 0.6) is 0 Å². The molecule has 0 bridgehead atoms. The Hall–Kier alpha value is -1.62. The maximum absolute atomic E-state index is 12.5. The minimum absolute atomic E-state index is 0. The fraction of sp³-hybridized carbons (Fsp3) is 0.368. The molecule has 2 N–H and O–H groups in total. The fourth-order valence-electron chi connectivity index (χ4n) is 3.33. The zero-order valence-corrected chi connectivity index (χ0v) is 15.7. The summed E-state index contributed by atoms with van der Waals surface area (Å²) in [5, 5.41) is 0. The van der Waals surface area contributed by atoms with Crippen LogP contribution in [-0.4, -0.2) is 35.4 Å². The molecule has 0 saturated carbocycles. The third kappa shape index (κ3) is 5.43. The summed E-state index contributed by atoms with van der Waals surface area (Å²) in [5.74, 6) is 0.892. The Morgan fingerprint density at radius 1 is 1.08 bits per heavy atom. The highest BCUT2D eigenvalue weighted by Gasteiger charge is 2.34. The number of amides is 1. The van der Waals surface area contributed by atoms with Crippen molar-refractivity contribution >= 4 is 30.7 Å². The van der Waals surface area contributed by atoms with Crippen molar-refractivity contribution in [2.75, 3.05) is 19.6 Å². The second-order valence-electron chi connectivity index (χ2n) is 6.13. The molecule has 25 heavy (non-hydrogen) atoms. The Kier molecular flexibility index (Phi) is 8.90. The molecule has 0 radical (unpaired) electrons. The molecule has 2 aromatic rings. The highest BCUT2D eigenvalue weighted by Crippen LogP contribution is 2.32. The molecule has 0 unspecified atom stereocenters. The second kappa shape index (κ2) is 10.4. The summed E-state index contributed by atoms with van der Waals surface area (Å²) >= 11 is 0. The van der Waals surface area contributed by atoms with E-state index in [9.17, 15) is 4.79 Å². The normalized spacial score (nSPS) is 19.0. The molecule has 136 valence electrons. The van der Waals surface area contributed by atoms with Gasteiger partial charge in [0.2, 0.25) is 5.91 Å². The van der Waals surface area contributed by atoms with Crippen LogP contribution in [0, 0.1) is 5.92 Å². The number of nitrogens with zero attached hydrogens (tertiary/aromatic N) is 2. The monoisotopic (exact) mass is 381 g/mol. The number of carbonyl (C=O) groups excluding carboxylic acids is 1. The molecule has 2 atom stereocenters. The van der Waals surface area contributed by atoms with E-state index in [0.717, 1.165) is 18.8 Å². The number of likely N-dealkylation sites (tertiary alicyclic amines) is 1. The van der Waals surface area contributed by atoms with Crippen LogP contribution in [0.1, 0.15) is 23.6 Å². The first kappa shape index (κ1) is 21.4. The molecule has 3 rings (SSSR count). The van der Waals surface area contributed by atoms with Crippen molar-refractivity contribution in [3.63, 3.8) is 0 Å². The molecule has 2 heterocycles. The van der Waals surface area contributed by atoms with Crippen LogP contribution >= 0.6 is 24.8 Å². The van der Waals surface area contributed by atoms with Gasteiger partial charge in [0.15, 0.2) is 0 Å². The second-order valence-corrected chi connectivity index (χ2v) is 6.13. The van der Waals surface area contributed by atoms with Gasteiger partial charge in [0, 0.05) is 37.3 Å². The minimum atomic E-state index is 0. The molecule has 6 heteroatoms. The summed E-state index contributed by atoms with van der Waals surface area (Å²) in [7, 11) is 0. The molecule has 1 aliphatic rings. The van der Waals surface area contributed by atoms with Crippen molar-refractivity contribution in [1.29, 1.82) is 0 Å². The van der Waals surface area contributed by atoms with E-state index in [0.29, 0.717) is 31.2 Å². The number of aryl methyl sites for hydroxylation is 1. The van der Waals surface area contributed by atoms with Crippen LogP contribution in [-0.2, 0) is 11.2 Å². The summed E-state index contributed by atoms with van der Waals surface area (Å²) in [4.78, 5) is 18.8. The van der Waals surface area contributed by atoms with Gasteiger partial charge in [0.25, 0.3) is 0 Å². The average molecular weight is 382 g/mol. The first-order valence-corrected chi connectivity index (χ1v) is 8.20.